The number of carbonyl (C=O) groups is 2. The molecule has 1 aromatic rings. The number of amides is 1. The molecule has 0 saturated carbocycles. The SMILES string of the molecule is CC(C)(C=O)CCNC(=O)c1ccncc1. The summed E-state index contributed by atoms with van der Waals surface area (Å²) in [5.41, 5.74) is 0.199. The number of hydrogen-bond acceptors (Lipinski definition) is 3. The largest absolute Gasteiger partial charge is 0.352 e. The zero-order chi connectivity index (χ0) is 12.0. The summed E-state index contributed by atoms with van der Waals surface area (Å²) >= 11 is 0. The summed E-state index contributed by atoms with van der Waals surface area (Å²) < 4.78 is 0. The lowest BCUT2D eigenvalue weighted by Crippen LogP contribution is -2.28. The van der Waals surface area contributed by atoms with Gasteiger partial charge in [0.05, 0.1) is 0 Å². The molecule has 0 bridgehead atoms. The lowest BCUT2D eigenvalue weighted by Gasteiger charge is -2.16. The third-order valence-corrected chi connectivity index (χ3v) is 2.32. The van der Waals surface area contributed by atoms with Gasteiger partial charge < -0.3 is 10.1 Å². The molecular formula is C12H16N2O2. The number of nitrogens with one attached hydrogen (secondary N) is 1. The lowest BCUT2D eigenvalue weighted by atomic mass is 9.91. The first kappa shape index (κ1) is 12.4. The van der Waals surface area contributed by atoms with Gasteiger partial charge in [0.15, 0.2) is 0 Å². The second kappa shape index (κ2) is 5.39. The molecule has 0 unspecified atom stereocenters. The van der Waals surface area contributed by atoms with E-state index in [1.807, 2.05) is 13.8 Å². The van der Waals surface area contributed by atoms with Crippen molar-refractivity contribution in [3.05, 3.63) is 30.1 Å². The molecule has 0 aliphatic carbocycles. The van der Waals surface area contributed by atoms with Crippen LogP contribution < -0.4 is 5.32 Å². The molecule has 1 heterocycles. The van der Waals surface area contributed by atoms with Crippen LogP contribution in [-0.2, 0) is 4.79 Å². The van der Waals surface area contributed by atoms with Crippen LogP contribution in [-0.4, -0.2) is 23.7 Å². The molecule has 1 rings (SSSR count). The fraction of sp³-hybridized carbons (Fsp3) is 0.417. The Balaban J connectivity index is 2.40. The third-order valence-electron chi connectivity index (χ3n) is 2.32. The molecule has 0 radical (unpaired) electrons. The Morgan fingerprint density at radius 2 is 2.06 bits per heavy atom. The fourth-order valence-corrected chi connectivity index (χ4v) is 1.16. The summed E-state index contributed by atoms with van der Waals surface area (Å²) in [6.45, 7) is 4.18. The summed E-state index contributed by atoms with van der Waals surface area (Å²) in [7, 11) is 0. The van der Waals surface area contributed by atoms with Crippen molar-refractivity contribution in [3.63, 3.8) is 0 Å². The minimum atomic E-state index is -0.383. The Labute approximate surface area is 95.1 Å². The van der Waals surface area contributed by atoms with Crippen molar-refractivity contribution in [3.8, 4) is 0 Å². The predicted octanol–water partition coefficient (Wildman–Crippen LogP) is 1.43. The highest BCUT2D eigenvalue weighted by atomic mass is 16.1. The zero-order valence-electron chi connectivity index (χ0n) is 9.56. The van der Waals surface area contributed by atoms with Crippen LogP contribution in [0.15, 0.2) is 24.5 Å². The molecule has 0 fully saturated rings. The van der Waals surface area contributed by atoms with Gasteiger partial charge in [0.1, 0.15) is 6.29 Å². The average molecular weight is 220 g/mol. The lowest BCUT2D eigenvalue weighted by molar-refractivity contribution is -0.114. The number of carbonyl (C=O) groups excluding carboxylic acids is 2. The molecule has 0 spiro atoms. The van der Waals surface area contributed by atoms with E-state index in [0.29, 0.717) is 18.5 Å². The molecule has 0 saturated heterocycles. The number of aldehydes is 1. The van der Waals surface area contributed by atoms with Gasteiger partial charge in [0.25, 0.3) is 5.91 Å². The molecule has 0 aliphatic rings. The van der Waals surface area contributed by atoms with Crippen LogP contribution in [0.2, 0.25) is 0 Å². The molecule has 0 aliphatic heterocycles. The average Bonchev–Trinajstić information content (AvgIpc) is 2.30. The molecule has 0 atom stereocenters. The monoisotopic (exact) mass is 220 g/mol. The number of aromatic nitrogens is 1. The third kappa shape index (κ3) is 3.81. The predicted molar refractivity (Wildman–Crippen MR) is 61.0 cm³/mol. The maximum atomic E-state index is 11.6. The first-order chi connectivity index (χ1) is 7.55. The molecule has 4 nitrogen and oxygen atoms in total. The molecule has 86 valence electrons. The van der Waals surface area contributed by atoms with Crippen LogP contribution in [0.4, 0.5) is 0 Å². The first-order valence-electron chi connectivity index (χ1n) is 5.20. The van der Waals surface area contributed by atoms with Crippen LogP contribution in [0.5, 0.6) is 0 Å². The molecule has 1 N–H and O–H groups in total. The van der Waals surface area contributed by atoms with Gasteiger partial charge in [-0.3, -0.25) is 9.78 Å². The Bertz CT molecular complexity index is 361. The molecule has 0 aromatic carbocycles. The minimum Gasteiger partial charge on any atom is -0.352 e. The van der Waals surface area contributed by atoms with Crippen molar-refractivity contribution >= 4 is 12.2 Å². The summed E-state index contributed by atoms with van der Waals surface area (Å²) in [5.74, 6) is -0.135. The van der Waals surface area contributed by atoms with E-state index in [9.17, 15) is 9.59 Å². The highest BCUT2D eigenvalue weighted by Gasteiger charge is 2.16. The van der Waals surface area contributed by atoms with Crippen LogP contribution in [0.1, 0.15) is 30.6 Å². The van der Waals surface area contributed by atoms with E-state index in [-0.39, 0.29) is 11.3 Å². The van der Waals surface area contributed by atoms with Gasteiger partial charge in [-0.1, -0.05) is 13.8 Å². The van der Waals surface area contributed by atoms with Gasteiger partial charge in [0, 0.05) is 29.9 Å². The Morgan fingerprint density at radius 3 is 2.62 bits per heavy atom. The molecule has 1 amide bonds. The molecule has 16 heavy (non-hydrogen) atoms. The van der Waals surface area contributed by atoms with E-state index < -0.39 is 0 Å². The van der Waals surface area contributed by atoms with E-state index >= 15 is 0 Å². The Morgan fingerprint density at radius 1 is 1.44 bits per heavy atom. The maximum Gasteiger partial charge on any atom is 0.251 e. The summed E-state index contributed by atoms with van der Waals surface area (Å²) in [4.78, 5) is 26.1. The second-order valence-corrected chi connectivity index (χ2v) is 4.35. The number of pyridine rings is 1. The van der Waals surface area contributed by atoms with Crippen molar-refractivity contribution < 1.29 is 9.59 Å². The van der Waals surface area contributed by atoms with Crippen molar-refractivity contribution in [2.45, 2.75) is 20.3 Å². The normalized spacial score (nSPS) is 10.9. The van der Waals surface area contributed by atoms with Crippen LogP contribution in [0, 0.1) is 5.41 Å². The highest BCUT2D eigenvalue weighted by Crippen LogP contribution is 2.15. The molecule has 1 aromatic heterocycles. The smallest absolute Gasteiger partial charge is 0.251 e. The van der Waals surface area contributed by atoms with Crippen LogP contribution in [0.25, 0.3) is 0 Å². The zero-order valence-corrected chi connectivity index (χ0v) is 9.56. The summed E-state index contributed by atoms with van der Waals surface area (Å²) in [6.07, 6.45) is 4.69. The van der Waals surface area contributed by atoms with Gasteiger partial charge >= 0.3 is 0 Å². The van der Waals surface area contributed by atoms with E-state index in [4.69, 9.17) is 0 Å². The van der Waals surface area contributed by atoms with Crippen molar-refractivity contribution in [1.82, 2.24) is 10.3 Å². The topological polar surface area (TPSA) is 59.1 Å². The highest BCUT2D eigenvalue weighted by molar-refractivity contribution is 5.93. The first-order valence-corrected chi connectivity index (χ1v) is 5.20. The van der Waals surface area contributed by atoms with Gasteiger partial charge in [-0.2, -0.15) is 0 Å². The Hall–Kier alpha value is -1.71. The maximum absolute atomic E-state index is 11.6. The van der Waals surface area contributed by atoms with E-state index in [2.05, 4.69) is 10.3 Å². The van der Waals surface area contributed by atoms with Gasteiger partial charge in [0.2, 0.25) is 0 Å². The fourth-order valence-electron chi connectivity index (χ4n) is 1.16. The van der Waals surface area contributed by atoms with E-state index in [1.54, 1.807) is 24.5 Å². The Kier molecular flexibility index (Phi) is 4.17. The quantitative estimate of drug-likeness (QED) is 0.763. The van der Waals surface area contributed by atoms with Gasteiger partial charge in [-0.15, -0.1) is 0 Å². The van der Waals surface area contributed by atoms with Crippen molar-refractivity contribution in [1.29, 1.82) is 0 Å². The van der Waals surface area contributed by atoms with Crippen LogP contribution in [0.3, 0.4) is 0 Å². The number of rotatable bonds is 5. The number of nitrogens with zero attached hydrogens (tertiary/aromatic N) is 1. The van der Waals surface area contributed by atoms with E-state index in [0.717, 1.165) is 6.29 Å². The van der Waals surface area contributed by atoms with Crippen molar-refractivity contribution in [2.75, 3.05) is 6.54 Å². The summed E-state index contributed by atoms with van der Waals surface area (Å²) in [6, 6.07) is 3.31. The molecule has 4 heteroatoms. The van der Waals surface area contributed by atoms with E-state index in [1.165, 1.54) is 0 Å². The van der Waals surface area contributed by atoms with Gasteiger partial charge in [-0.25, -0.2) is 0 Å². The standard InChI is InChI=1S/C12H16N2O2/c1-12(2,9-15)5-8-14-11(16)10-3-6-13-7-4-10/h3-4,6-7,9H,5,8H2,1-2H3,(H,14,16). The number of hydrogen-bond donors (Lipinski definition) is 1. The second-order valence-electron chi connectivity index (χ2n) is 4.35. The summed E-state index contributed by atoms with van der Waals surface area (Å²) in [5, 5.41) is 2.76. The van der Waals surface area contributed by atoms with Gasteiger partial charge in [-0.05, 0) is 18.6 Å². The molecular weight excluding hydrogens is 204 g/mol. The van der Waals surface area contributed by atoms with Crippen LogP contribution >= 0.6 is 0 Å². The van der Waals surface area contributed by atoms with Crippen molar-refractivity contribution in [2.24, 2.45) is 5.41 Å². The minimum absolute atomic E-state index is 0.135.